The van der Waals surface area contributed by atoms with Gasteiger partial charge in [0.05, 0.1) is 17.7 Å². The van der Waals surface area contributed by atoms with Crippen LogP contribution in [0.5, 0.6) is 5.75 Å². The lowest BCUT2D eigenvalue weighted by atomic mass is 10.2. The van der Waals surface area contributed by atoms with E-state index >= 15 is 0 Å². The largest absolute Gasteiger partial charge is 0.497 e. The summed E-state index contributed by atoms with van der Waals surface area (Å²) < 4.78 is 37.7. The summed E-state index contributed by atoms with van der Waals surface area (Å²) in [7, 11) is -2.53. The number of hydrogen-bond acceptors (Lipinski definition) is 7. The van der Waals surface area contributed by atoms with Crippen molar-refractivity contribution >= 4 is 27.3 Å². The molecule has 9 nitrogen and oxygen atoms in total. The number of oxazole rings is 1. The lowest BCUT2D eigenvalue weighted by Gasteiger charge is -2.06. The average molecular weight is 438 g/mol. The summed E-state index contributed by atoms with van der Waals surface area (Å²) in [5.41, 5.74) is 0.687. The normalized spacial score (nSPS) is 11.4. The Morgan fingerprint density at radius 3 is 2.62 bits per heavy atom. The number of nitro benzene ring substituents is 1. The predicted octanol–water partition coefficient (Wildman–Crippen LogP) is 3.43. The van der Waals surface area contributed by atoms with Gasteiger partial charge in [-0.25, -0.2) is 18.1 Å². The highest BCUT2D eigenvalue weighted by Gasteiger charge is 2.25. The predicted molar refractivity (Wildman–Crippen MR) is 105 cm³/mol. The summed E-state index contributed by atoms with van der Waals surface area (Å²) in [4.78, 5) is 14.2. The van der Waals surface area contributed by atoms with Gasteiger partial charge in [-0.2, -0.15) is 0 Å². The Morgan fingerprint density at radius 1 is 1.24 bits per heavy atom. The zero-order chi connectivity index (χ0) is 21.0. The van der Waals surface area contributed by atoms with Crippen molar-refractivity contribution in [3.8, 4) is 17.2 Å². The standard InChI is InChI=1S/C18H16ClN3O6S/c1-27-15-5-2-12(3-6-15)18-21-14(11-28-18)8-9-20-29(25,26)17-7-4-13(19)10-16(17)22(23)24/h2-7,10-11,20H,8-9H2,1H3. The van der Waals surface area contributed by atoms with E-state index in [9.17, 15) is 18.5 Å². The zero-order valence-electron chi connectivity index (χ0n) is 15.2. The molecule has 1 heterocycles. The summed E-state index contributed by atoms with van der Waals surface area (Å²) in [5, 5.41) is 11.2. The van der Waals surface area contributed by atoms with E-state index in [2.05, 4.69) is 9.71 Å². The first-order valence-electron chi connectivity index (χ1n) is 8.32. The van der Waals surface area contributed by atoms with Crippen molar-refractivity contribution in [2.75, 3.05) is 13.7 Å². The van der Waals surface area contributed by atoms with E-state index in [0.717, 1.165) is 17.7 Å². The van der Waals surface area contributed by atoms with Gasteiger partial charge in [0.1, 0.15) is 12.0 Å². The lowest BCUT2D eigenvalue weighted by Crippen LogP contribution is -2.26. The molecule has 0 saturated carbocycles. The third kappa shape index (κ3) is 4.91. The quantitative estimate of drug-likeness (QED) is 0.422. The number of aromatic nitrogens is 1. The fraction of sp³-hybridized carbons (Fsp3) is 0.167. The number of halogens is 1. The van der Waals surface area contributed by atoms with Crippen LogP contribution < -0.4 is 9.46 Å². The summed E-state index contributed by atoms with van der Waals surface area (Å²) in [6.07, 6.45) is 1.67. The number of nitrogens with zero attached hydrogens (tertiary/aromatic N) is 2. The number of nitrogens with one attached hydrogen (secondary N) is 1. The molecule has 0 aliphatic rings. The smallest absolute Gasteiger partial charge is 0.290 e. The van der Waals surface area contributed by atoms with Crippen LogP contribution in [0.4, 0.5) is 5.69 Å². The molecule has 3 aromatic rings. The minimum Gasteiger partial charge on any atom is -0.497 e. The van der Waals surface area contributed by atoms with E-state index in [1.807, 2.05) is 0 Å². The highest BCUT2D eigenvalue weighted by Crippen LogP contribution is 2.27. The molecule has 0 amide bonds. The van der Waals surface area contributed by atoms with Gasteiger partial charge < -0.3 is 9.15 Å². The molecule has 0 aliphatic carbocycles. The molecule has 0 aliphatic heterocycles. The van der Waals surface area contributed by atoms with Crippen LogP contribution in [0.2, 0.25) is 5.02 Å². The van der Waals surface area contributed by atoms with Crippen LogP contribution in [0.1, 0.15) is 5.69 Å². The van der Waals surface area contributed by atoms with Gasteiger partial charge in [0.2, 0.25) is 15.9 Å². The molecule has 11 heteroatoms. The number of sulfonamides is 1. The molecule has 3 rings (SSSR count). The van der Waals surface area contributed by atoms with Gasteiger partial charge in [-0.1, -0.05) is 11.6 Å². The monoisotopic (exact) mass is 437 g/mol. The average Bonchev–Trinajstić information content (AvgIpc) is 3.16. The molecule has 0 radical (unpaired) electrons. The molecule has 2 aromatic carbocycles. The van der Waals surface area contributed by atoms with Crippen LogP contribution in [-0.2, 0) is 16.4 Å². The molecule has 1 N–H and O–H groups in total. The maximum Gasteiger partial charge on any atom is 0.290 e. The van der Waals surface area contributed by atoms with Crippen molar-refractivity contribution in [2.24, 2.45) is 0 Å². The summed E-state index contributed by atoms with van der Waals surface area (Å²) in [5.74, 6) is 1.09. The SMILES string of the molecule is COc1ccc(-c2nc(CCNS(=O)(=O)c3ccc(Cl)cc3[N+](=O)[O-])co2)cc1. The van der Waals surface area contributed by atoms with Crippen LogP contribution in [0.15, 0.2) is 58.0 Å². The molecule has 0 atom stereocenters. The van der Waals surface area contributed by atoms with Gasteiger partial charge in [-0.15, -0.1) is 0 Å². The number of hydrogen-bond donors (Lipinski definition) is 1. The van der Waals surface area contributed by atoms with E-state index in [-0.39, 0.29) is 18.0 Å². The molecular formula is C18H16ClN3O6S. The third-order valence-corrected chi connectivity index (χ3v) is 5.71. The fourth-order valence-electron chi connectivity index (χ4n) is 2.54. The minimum absolute atomic E-state index is 0.0172. The van der Waals surface area contributed by atoms with Crippen molar-refractivity contribution in [1.82, 2.24) is 9.71 Å². The topological polar surface area (TPSA) is 125 Å². The highest BCUT2D eigenvalue weighted by molar-refractivity contribution is 7.89. The summed E-state index contributed by atoms with van der Waals surface area (Å²) in [6, 6.07) is 10.5. The zero-order valence-corrected chi connectivity index (χ0v) is 16.7. The Kier molecular flexibility index (Phi) is 6.16. The van der Waals surface area contributed by atoms with Crippen LogP contribution >= 0.6 is 11.6 Å². The van der Waals surface area contributed by atoms with Crippen molar-refractivity contribution in [1.29, 1.82) is 0 Å². The van der Waals surface area contributed by atoms with Crippen LogP contribution in [0, 0.1) is 10.1 Å². The Hall–Kier alpha value is -2.95. The second-order valence-electron chi connectivity index (χ2n) is 5.89. The third-order valence-electron chi connectivity index (χ3n) is 3.97. The first-order valence-corrected chi connectivity index (χ1v) is 10.2. The van der Waals surface area contributed by atoms with E-state index in [0.29, 0.717) is 17.3 Å². The van der Waals surface area contributed by atoms with Gasteiger partial charge >= 0.3 is 0 Å². The molecule has 0 saturated heterocycles. The Balaban J connectivity index is 1.67. The number of methoxy groups -OCH3 is 1. The van der Waals surface area contributed by atoms with Crippen LogP contribution in [0.25, 0.3) is 11.5 Å². The van der Waals surface area contributed by atoms with E-state index in [1.54, 1.807) is 31.4 Å². The first-order chi connectivity index (χ1) is 13.8. The van der Waals surface area contributed by atoms with Gasteiger partial charge in [-0.3, -0.25) is 10.1 Å². The van der Waals surface area contributed by atoms with Gasteiger partial charge in [-0.05, 0) is 36.4 Å². The van der Waals surface area contributed by atoms with Crippen molar-refractivity contribution in [3.63, 3.8) is 0 Å². The first kappa shape index (κ1) is 20.8. The number of nitro groups is 1. The molecule has 29 heavy (non-hydrogen) atoms. The number of rotatable bonds is 8. The van der Waals surface area contributed by atoms with E-state index in [4.69, 9.17) is 20.8 Å². The molecule has 0 fully saturated rings. The van der Waals surface area contributed by atoms with Crippen molar-refractivity contribution in [3.05, 3.63) is 69.6 Å². The Morgan fingerprint density at radius 2 is 1.97 bits per heavy atom. The summed E-state index contributed by atoms with van der Waals surface area (Å²) in [6.45, 7) is -0.0172. The Bertz CT molecular complexity index is 1130. The maximum absolute atomic E-state index is 12.4. The number of ether oxygens (including phenoxy) is 1. The minimum atomic E-state index is -4.10. The molecule has 1 aromatic heterocycles. The molecule has 0 unspecified atom stereocenters. The van der Waals surface area contributed by atoms with Crippen LogP contribution in [-0.4, -0.2) is 32.0 Å². The maximum atomic E-state index is 12.4. The fourth-order valence-corrected chi connectivity index (χ4v) is 3.89. The van der Waals surface area contributed by atoms with E-state index < -0.39 is 25.5 Å². The molecule has 0 bridgehead atoms. The van der Waals surface area contributed by atoms with Gasteiger partial charge in [0.15, 0.2) is 4.90 Å². The summed E-state index contributed by atoms with van der Waals surface area (Å²) >= 11 is 5.72. The van der Waals surface area contributed by atoms with Crippen molar-refractivity contribution in [2.45, 2.75) is 11.3 Å². The van der Waals surface area contributed by atoms with Crippen molar-refractivity contribution < 1.29 is 22.5 Å². The molecule has 152 valence electrons. The van der Waals surface area contributed by atoms with Gasteiger partial charge in [0.25, 0.3) is 5.69 Å². The highest BCUT2D eigenvalue weighted by atomic mass is 35.5. The number of benzene rings is 2. The second kappa shape index (κ2) is 8.60. The van der Waals surface area contributed by atoms with Gasteiger partial charge in [0, 0.05) is 29.6 Å². The Labute approximate surface area is 171 Å². The second-order valence-corrected chi connectivity index (χ2v) is 8.06. The van der Waals surface area contributed by atoms with E-state index in [1.165, 1.54) is 12.3 Å². The molecular weight excluding hydrogens is 422 g/mol. The van der Waals surface area contributed by atoms with Crippen LogP contribution in [0.3, 0.4) is 0 Å². The lowest BCUT2D eigenvalue weighted by molar-refractivity contribution is -0.387. The molecule has 0 spiro atoms.